The van der Waals surface area contributed by atoms with Crippen molar-refractivity contribution in [3.63, 3.8) is 0 Å². The van der Waals surface area contributed by atoms with Crippen LogP contribution in [0.25, 0.3) is 22.5 Å². The lowest BCUT2D eigenvalue weighted by Crippen LogP contribution is -2.14. The van der Waals surface area contributed by atoms with Crippen molar-refractivity contribution in [1.82, 2.24) is 15.2 Å². The van der Waals surface area contributed by atoms with Crippen molar-refractivity contribution in [1.29, 1.82) is 0 Å². The van der Waals surface area contributed by atoms with Crippen LogP contribution in [0.4, 0.5) is 10.1 Å². The molecule has 1 aromatic heterocycles. The molecule has 0 aliphatic heterocycles. The van der Waals surface area contributed by atoms with E-state index >= 15 is 0 Å². The second kappa shape index (κ2) is 8.70. The first kappa shape index (κ1) is 18.9. The number of nitrogens with zero attached hydrogens (tertiary/aromatic N) is 2. The Kier molecular flexibility index (Phi) is 5.67. The first-order valence-electron chi connectivity index (χ1n) is 8.95. The highest BCUT2D eigenvalue weighted by atomic mass is 32.2. The first-order valence-corrected chi connectivity index (χ1v) is 9.93. The Hall–Kier alpha value is -3.45. The van der Waals surface area contributed by atoms with Gasteiger partial charge in [0.2, 0.25) is 11.1 Å². The number of para-hydroxylation sites is 1. The van der Waals surface area contributed by atoms with Crippen LogP contribution < -0.4 is 5.32 Å². The van der Waals surface area contributed by atoms with Gasteiger partial charge in [0.25, 0.3) is 0 Å². The van der Waals surface area contributed by atoms with E-state index in [0.29, 0.717) is 16.5 Å². The average Bonchev–Trinajstić information content (AvgIpc) is 3.22. The number of carbonyl (C=O) groups excluding carboxylic acids is 1. The molecule has 0 saturated heterocycles. The molecule has 3 aromatic carbocycles. The summed E-state index contributed by atoms with van der Waals surface area (Å²) in [6, 6.07) is 23.8. The molecule has 144 valence electrons. The second-order valence-electron chi connectivity index (χ2n) is 6.19. The molecule has 0 saturated carbocycles. The summed E-state index contributed by atoms with van der Waals surface area (Å²) in [6.45, 7) is 0. The van der Waals surface area contributed by atoms with Crippen LogP contribution in [0.15, 0.2) is 84.0 Å². The molecule has 1 heterocycles. The van der Waals surface area contributed by atoms with Crippen LogP contribution in [-0.4, -0.2) is 26.8 Å². The van der Waals surface area contributed by atoms with E-state index in [1.165, 1.54) is 17.8 Å². The van der Waals surface area contributed by atoms with E-state index in [4.69, 9.17) is 0 Å². The van der Waals surface area contributed by atoms with Crippen molar-refractivity contribution in [2.24, 2.45) is 0 Å². The van der Waals surface area contributed by atoms with Gasteiger partial charge in [-0.2, -0.15) is 0 Å². The summed E-state index contributed by atoms with van der Waals surface area (Å²) in [5.74, 6) is -0.0796. The highest BCUT2D eigenvalue weighted by Gasteiger charge is 2.13. The number of hydrogen-bond acceptors (Lipinski definition) is 4. The fraction of sp³-hybridized carbons (Fsp3) is 0.0455. The minimum absolute atomic E-state index is 0.137. The Morgan fingerprint density at radius 2 is 1.62 bits per heavy atom. The maximum absolute atomic E-state index is 13.9. The van der Waals surface area contributed by atoms with Crippen molar-refractivity contribution >= 4 is 23.4 Å². The molecular weight excluding hydrogens is 387 g/mol. The Labute approximate surface area is 171 Å². The fourth-order valence-electron chi connectivity index (χ4n) is 2.86. The van der Waals surface area contributed by atoms with E-state index in [2.05, 4.69) is 20.5 Å². The lowest BCUT2D eigenvalue weighted by molar-refractivity contribution is -0.113. The third kappa shape index (κ3) is 4.52. The number of aromatic nitrogens is 3. The van der Waals surface area contributed by atoms with Crippen molar-refractivity contribution in [3.8, 4) is 22.5 Å². The van der Waals surface area contributed by atoms with Gasteiger partial charge in [-0.15, -0.1) is 5.10 Å². The summed E-state index contributed by atoms with van der Waals surface area (Å²) in [6.07, 6.45) is 0. The predicted octanol–water partition coefficient (Wildman–Crippen LogP) is 5.01. The number of anilines is 1. The molecule has 0 radical (unpaired) electrons. The van der Waals surface area contributed by atoms with Crippen molar-refractivity contribution in [3.05, 3.63) is 84.7 Å². The number of nitrogens with one attached hydrogen (secondary N) is 2. The molecule has 4 rings (SSSR count). The summed E-state index contributed by atoms with van der Waals surface area (Å²) >= 11 is 1.18. The third-order valence-electron chi connectivity index (χ3n) is 4.21. The zero-order chi connectivity index (χ0) is 20.1. The number of benzene rings is 3. The highest BCUT2D eigenvalue weighted by Crippen LogP contribution is 2.28. The predicted molar refractivity (Wildman–Crippen MR) is 113 cm³/mol. The monoisotopic (exact) mass is 404 g/mol. The van der Waals surface area contributed by atoms with Crippen LogP contribution in [0, 0.1) is 5.82 Å². The van der Waals surface area contributed by atoms with Gasteiger partial charge in [0.1, 0.15) is 5.82 Å². The molecule has 4 aromatic rings. The van der Waals surface area contributed by atoms with Gasteiger partial charge in [-0.05, 0) is 23.8 Å². The number of amides is 1. The second-order valence-corrected chi connectivity index (χ2v) is 7.14. The third-order valence-corrected chi connectivity index (χ3v) is 5.06. The molecule has 0 bridgehead atoms. The number of halogens is 1. The largest absolute Gasteiger partial charge is 0.325 e. The fourth-order valence-corrected chi connectivity index (χ4v) is 3.46. The maximum atomic E-state index is 13.9. The van der Waals surface area contributed by atoms with Crippen LogP contribution >= 0.6 is 11.8 Å². The standard InChI is InChI=1S/C22H17FN4OS/c23-18-12-6-4-11-17(18)21-25-22(27-26-21)29-14-20(28)24-19-13-7-5-10-16(19)15-8-2-1-3-9-15/h1-13H,14H2,(H,24,28)(H,25,26,27). The summed E-state index contributed by atoms with van der Waals surface area (Å²) in [7, 11) is 0. The number of thioether (sulfide) groups is 1. The number of carbonyl (C=O) groups is 1. The van der Waals surface area contributed by atoms with Gasteiger partial charge < -0.3 is 5.32 Å². The van der Waals surface area contributed by atoms with E-state index < -0.39 is 0 Å². The molecule has 7 heteroatoms. The van der Waals surface area contributed by atoms with E-state index in [1.807, 2.05) is 54.6 Å². The Balaban J connectivity index is 1.41. The summed E-state index contributed by atoms with van der Waals surface area (Å²) in [5, 5.41) is 10.1. The highest BCUT2D eigenvalue weighted by molar-refractivity contribution is 7.99. The van der Waals surface area contributed by atoms with Gasteiger partial charge in [-0.1, -0.05) is 72.4 Å². The summed E-state index contributed by atoms with van der Waals surface area (Å²) in [5.41, 5.74) is 3.06. The first-order chi connectivity index (χ1) is 14.2. The van der Waals surface area contributed by atoms with Crippen LogP contribution in [0.1, 0.15) is 0 Å². The SMILES string of the molecule is O=C(CSc1n[nH]c(-c2ccccc2F)n1)Nc1ccccc1-c1ccccc1. The lowest BCUT2D eigenvalue weighted by atomic mass is 10.0. The van der Waals surface area contributed by atoms with Gasteiger partial charge in [-0.25, -0.2) is 9.37 Å². The van der Waals surface area contributed by atoms with Crippen molar-refractivity contribution in [2.45, 2.75) is 5.16 Å². The van der Waals surface area contributed by atoms with E-state index in [-0.39, 0.29) is 17.5 Å². The van der Waals surface area contributed by atoms with Gasteiger partial charge in [0.05, 0.1) is 11.3 Å². The molecule has 2 N–H and O–H groups in total. The van der Waals surface area contributed by atoms with Gasteiger partial charge in [-0.3, -0.25) is 9.89 Å². The number of hydrogen-bond donors (Lipinski definition) is 2. The Morgan fingerprint density at radius 3 is 2.41 bits per heavy atom. The van der Waals surface area contributed by atoms with Crippen LogP contribution in [0.3, 0.4) is 0 Å². The zero-order valence-corrected chi connectivity index (χ0v) is 16.1. The molecule has 0 atom stereocenters. The average molecular weight is 404 g/mol. The van der Waals surface area contributed by atoms with E-state index in [0.717, 1.165) is 16.8 Å². The van der Waals surface area contributed by atoms with Gasteiger partial charge in [0.15, 0.2) is 5.82 Å². The smallest absolute Gasteiger partial charge is 0.234 e. The number of rotatable bonds is 6. The summed E-state index contributed by atoms with van der Waals surface area (Å²) < 4.78 is 13.9. The molecule has 29 heavy (non-hydrogen) atoms. The van der Waals surface area contributed by atoms with E-state index in [1.54, 1.807) is 18.2 Å². The van der Waals surface area contributed by atoms with Crippen LogP contribution in [0.5, 0.6) is 0 Å². The van der Waals surface area contributed by atoms with Crippen molar-refractivity contribution < 1.29 is 9.18 Å². The molecular formula is C22H17FN4OS. The molecule has 0 fully saturated rings. The maximum Gasteiger partial charge on any atom is 0.234 e. The molecule has 1 amide bonds. The minimum atomic E-state index is -0.379. The topological polar surface area (TPSA) is 70.7 Å². The van der Waals surface area contributed by atoms with Gasteiger partial charge in [0, 0.05) is 11.3 Å². The van der Waals surface area contributed by atoms with Crippen LogP contribution in [0.2, 0.25) is 0 Å². The molecule has 0 spiro atoms. The molecule has 0 aliphatic carbocycles. The Bertz CT molecular complexity index is 1130. The molecule has 0 unspecified atom stereocenters. The number of H-pyrrole nitrogens is 1. The lowest BCUT2D eigenvalue weighted by Gasteiger charge is -2.10. The Morgan fingerprint density at radius 1 is 0.931 bits per heavy atom. The van der Waals surface area contributed by atoms with E-state index in [9.17, 15) is 9.18 Å². The molecule has 5 nitrogen and oxygen atoms in total. The zero-order valence-electron chi connectivity index (χ0n) is 15.3. The number of aromatic amines is 1. The molecule has 0 aliphatic rings. The van der Waals surface area contributed by atoms with Crippen LogP contribution in [-0.2, 0) is 4.79 Å². The minimum Gasteiger partial charge on any atom is -0.325 e. The van der Waals surface area contributed by atoms with Crippen molar-refractivity contribution in [2.75, 3.05) is 11.1 Å². The van der Waals surface area contributed by atoms with Gasteiger partial charge >= 0.3 is 0 Å². The summed E-state index contributed by atoms with van der Waals surface area (Å²) in [4.78, 5) is 16.7. The normalized spacial score (nSPS) is 10.7. The quantitative estimate of drug-likeness (QED) is 0.443.